The number of aromatic nitrogens is 1. The summed E-state index contributed by atoms with van der Waals surface area (Å²) in [5.74, 6) is 0.647. The second-order valence-electron chi connectivity index (χ2n) is 5.94. The number of carbonyl (C=O) groups is 1. The van der Waals surface area contributed by atoms with Gasteiger partial charge in [0.1, 0.15) is 12.5 Å². The molecule has 1 aliphatic rings. The van der Waals surface area contributed by atoms with Gasteiger partial charge in [-0.15, -0.1) is 0 Å². The van der Waals surface area contributed by atoms with Crippen molar-refractivity contribution in [2.45, 2.75) is 32.1 Å². The number of hydrogen-bond acceptors (Lipinski definition) is 3. The van der Waals surface area contributed by atoms with Crippen molar-refractivity contribution in [3.8, 4) is 0 Å². The third-order valence-corrected chi connectivity index (χ3v) is 5.14. The number of pyridine rings is 1. The molecule has 4 nitrogen and oxygen atoms in total. The van der Waals surface area contributed by atoms with E-state index in [0.717, 1.165) is 11.6 Å². The normalized spacial score (nSPS) is 14.9. The molecule has 1 amide bonds. The fraction of sp³-hybridized carbons (Fsp3) is 0.538. The Morgan fingerprint density at radius 1 is 1.47 bits per heavy atom. The van der Waals surface area contributed by atoms with Crippen LogP contribution in [0.3, 0.4) is 0 Å². The average Bonchev–Trinajstić information content (AvgIpc) is 2.62. The first-order valence-corrected chi connectivity index (χ1v) is 10.5. The Balaban J connectivity index is 1.96. The smallest absolute Gasteiger partial charge is 0.234 e. The lowest BCUT2D eigenvalue weighted by Gasteiger charge is -2.19. The van der Waals surface area contributed by atoms with Crippen LogP contribution in [0.5, 0.6) is 0 Å². The van der Waals surface area contributed by atoms with Gasteiger partial charge in [-0.3, -0.25) is 9.69 Å². The number of carbonyl (C=O) groups excluding carboxylic acids is 1. The lowest BCUT2D eigenvalue weighted by molar-refractivity contribution is -0.118. The molecule has 19 heavy (non-hydrogen) atoms. The van der Waals surface area contributed by atoms with E-state index in [2.05, 4.69) is 24.6 Å². The SMILES string of the molecule is C[Si](C)(C)CCOCN1C(=O)Cc2c(Cl)ccnc21. The molecule has 1 aliphatic heterocycles. The van der Waals surface area contributed by atoms with Gasteiger partial charge in [0.25, 0.3) is 0 Å². The van der Waals surface area contributed by atoms with Gasteiger partial charge in [0, 0.05) is 31.5 Å². The summed E-state index contributed by atoms with van der Waals surface area (Å²) in [6.45, 7) is 7.86. The molecule has 0 aliphatic carbocycles. The number of hydrogen-bond donors (Lipinski definition) is 0. The van der Waals surface area contributed by atoms with Gasteiger partial charge in [0.15, 0.2) is 0 Å². The summed E-state index contributed by atoms with van der Waals surface area (Å²) in [7, 11) is -1.10. The molecule has 0 saturated heterocycles. The molecular weight excluding hydrogens is 280 g/mol. The second-order valence-corrected chi connectivity index (χ2v) is 12.0. The van der Waals surface area contributed by atoms with E-state index >= 15 is 0 Å². The summed E-state index contributed by atoms with van der Waals surface area (Å²) in [5.41, 5.74) is 0.808. The third kappa shape index (κ3) is 3.55. The first-order chi connectivity index (χ1) is 8.88. The second kappa shape index (κ2) is 5.61. The maximum absolute atomic E-state index is 11.9. The molecule has 2 heterocycles. The van der Waals surface area contributed by atoms with Gasteiger partial charge in [-0.25, -0.2) is 4.98 Å². The van der Waals surface area contributed by atoms with Crippen LogP contribution >= 0.6 is 11.6 Å². The Kier molecular flexibility index (Phi) is 4.28. The Labute approximate surface area is 119 Å². The van der Waals surface area contributed by atoms with E-state index in [0.29, 0.717) is 23.9 Å². The highest BCUT2D eigenvalue weighted by Crippen LogP contribution is 2.31. The fourth-order valence-electron chi connectivity index (χ4n) is 1.89. The highest BCUT2D eigenvalue weighted by molar-refractivity contribution is 6.76. The summed E-state index contributed by atoms with van der Waals surface area (Å²) in [6, 6.07) is 2.80. The van der Waals surface area contributed by atoms with Crippen molar-refractivity contribution in [1.29, 1.82) is 0 Å². The van der Waals surface area contributed by atoms with Crippen molar-refractivity contribution < 1.29 is 9.53 Å². The molecule has 0 spiro atoms. The minimum Gasteiger partial charge on any atom is -0.361 e. The van der Waals surface area contributed by atoms with Gasteiger partial charge in [-0.1, -0.05) is 31.2 Å². The third-order valence-electron chi connectivity index (χ3n) is 3.08. The Hall–Kier alpha value is -0.913. The molecule has 0 bridgehead atoms. The predicted molar refractivity (Wildman–Crippen MR) is 79.4 cm³/mol. The van der Waals surface area contributed by atoms with Gasteiger partial charge in [-0.2, -0.15) is 0 Å². The molecule has 0 radical (unpaired) electrons. The number of fused-ring (bicyclic) bond motifs is 1. The Bertz CT molecular complexity index is 488. The summed E-state index contributed by atoms with van der Waals surface area (Å²) >= 11 is 6.07. The zero-order chi connectivity index (χ0) is 14.0. The summed E-state index contributed by atoms with van der Waals surface area (Å²) in [4.78, 5) is 17.7. The zero-order valence-corrected chi connectivity index (χ0v) is 13.3. The minimum atomic E-state index is -1.10. The van der Waals surface area contributed by atoms with Crippen molar-refractivity contribution >= 4 is 31.4 Å². The number of nitrogens with zero attached hydrogens (tertiary/aromatic N) is 2. The maximum atomic E-state index is 11.9. The average molecular weight is 299 g/mol. The van der Waals surface area contributed by atoms with Gasteiger partial charge < -0.3 is 4.74 Å². The van der Waals surface area contributed by atoms with Crippen LogP contribution in [0.15, 0.2) is 12.3 Å². The van der Waals surface area contributed by atoms with Crippen molar-refractivity contribution in [2.75, 3.05) is 18.2 Å². The van der Waals surface area contributed by atoms with Crippen LogP contribution in [-0.4, -0.2) is 32.3 Å². The fourth-order valence-corrected chi connectivity index (χ4v) is 2.85. The van der Waals surface area contributed by atoms with Gasteiger partial charge in [0.2, 0.25) is 5.91 Å². The summed E-state index contributed by atoms with van der Waals surface area (Å²) in [5, 5.41) is 0.600. The summed E-state index contributed by atoms with van der Waals surface area (Å²) < 4.78 is 5.62. The molecule has 0 fully saturated rings. The minimum absolute atomic E-state index is 0.00334. The molecule has 1 aromatic rings. The first kappa shape index (κ1) is 14.5. The van der Waals surface area contributed by atoms with Gasteiger partial charge >= 0.3 is 0 Å². The molecule has 104 valence electrons. The Morgan fingerprint density at radius 2 is 2.21 bits per heavy atom. The lowest BCUT2D eigenvalue weighted by Crippen LogP contribution is -2.31. The highest BCUT2D eigenvalue weighted by atomic mass is 35.5. The monoisotopic (exact) mass is 298 g/mol. The van der Waals surface area contributed by atoms with Crippen molar-refractivity contribution in [2.24, 2.45) is 0 Å². The van der Waals surface area contributed by atoms with Crippen LogP contribution in [0.4, 0.5) is 5.82 Å². The van der Waals surface area contributed by atoms with E-state index in [1.54, 1.807) is 17.2 Å². The van der Waals surface area contributed by atoms with E-state index in [-0.39, 0.29) is 12.6 Å². The first-order valence-electron chi connectivity index (χ1n) is 6.40. The standard InChI is InChI=1S/C13H19ClN2O2Si/c1-19(2,3)7-6-18-9-16-12(17)8-10-11(14)4-5-15-13(10)16/h4-5H,6-9H2,1-3H3. The van der Waals surface area contributed by atoms with Crippen LogP contribution in [-0.2, 0) is 16.0 Å². The lowest BCUT2D eigenvalue weighted by atomic mass is 10.2. The number of anilines is 1. The molecular formula is C13H19ClN2O2Si. The van der Waals surface area contributed by atoms with Crippen molar-refractivity contribution in [3.63, 3.8) is 0 Å². The predicted octanol–water partition coefficient (Wildman–Crippen LogP) is 2.94. The van der Waals surface area contributed by atoms with Crippen LogP contribution < -0.4 is 4.90 Å². The van der Waals surface area contributed by atoms with E-state index in [9.17, 15) is 4.79 Å². The molecule has 1 aromatic heterocycles. The van der Waals surface area contributed by atoms with Crippen LogP contribution in [0.25, 0.3) is 0 Å². The molecule has 0 atom stereocenters. The Morgan fingerprint density at radius 3 is 2.89 bits per heavy atom. The molecule has 0 unspecified atom stereocenters. The van der Waals surface area contributed by atoms with E-state index < -0.39 is 8.07 Å². The molecule has 0 saturated carbocycles. The van der Waals surface area contributed by atoms with Crippen LogP contribution in [0, 0.1) is 0 Å². The highest BCUT2D eigenvalue weighted by Gasteiger charge is 2.30. The van der Waals surface area contributed by atoms with E-state index in [1.165, 1.54) is 0 Å². The molecule has 6 heteroatoms. The van der Waals surface area contributed by atoms with Gasteiger partial charge in [0.05, 0.1) is 6.42 Å². The van der Waals surface area contributed by atoms with Crippen LogP contribution in [0.1, 0.15) is 5.56 Å². The molecule has 0 aromatic carbocycles. The number of amides is 1. The number of rotatable bonds is 5. The van der Waals surface area contributed by atoms with Crippen molar-refractivity contribution in [1.82, 2.24) is 4.98 Å². The maximum Gasteiger partial charge on any atom is 0.234 e. The molecule has 0 N–H and O–H groups in total. The van der Waals surface area contributed by atoms with Crippen molar-refractivity contribution in [3.05, 3.63) is 22.8 Å². The molecule has 2 rings (SSSR count). The quantitative estimate of drug-likeness (QED) is 0.620. The van der Waals surface area contributed by atoms with E-state index in [1.807, 2.05) is 0 Å². The number of ether oxygens (including phenoxy) is 1. The zero-order valence-electron chi connectivity index (χ0n) is 11.6. The van der Waals surface area contributed by atoms with Gasteiger partial charge in [-0.05, 0) is 12.1 Å². The summed E-state index contributed by atoms with van der Waals surface area (Å²) in [6.07, 6.45) is 1.94. The topological polar surface area (TPSA) is 42.4 Å². The number of halogens is 1. The van der Waals surface area contributed by atoms with Crippen LogP contribution in [0.2, 0.25) is 30.7 Å². The largest absolute Gasteiger partial charge is 0.361 e. The van der Waals surface area contributed by atoms with E-state index in [4.69, 9.17) is 16.3 Å².